The molecular formula is C10H10FN. The van der Waals surface area contributed by atoms with E-state index in [0.717, 1.165) is 5.56 Å². The maximum atomic E-state index is 13.1. The average molecular weight is 163 g/mol. The molecule has 0 saturated heterocycles. The van der Waals surface area contributed by atoms with Gasteiger partial charge in [0, 0.05) is 6.92 Å². The van der Waals surface area contributed by atoms with Crippen LogP contribution < -0.4 is 0 Å². The zero-order valence-electron chi connectivity index (χ0n) is 7.13. The third kappa shape index (κ3) is 1.62. The molecule has 0 amide bonds. The van der Waals surface area contributed by atoms with E-state index >= 15 is 0 Å². The Hall–Kier alpha value is -1.36. The number of rotatable bonds is 1. The summed E-state index contributed by atoms with van der Waals surface area (Å²) < 4.78 is 13.1. The topological polar surface area (TPSA) is 4.36 Å². The Morgan fingerprint density at radius 1 is 1.50 bits per heavy atom. The molecule has 1 unspecified atom stereocenters. The number of halogens is 1. The van der Waals surface area contributed by atoms with Crippen molar-refractivity contribution in [2.24, 2.45) is 0 Å². The summed E-state index contributed by atoms with van der Waals surface area (Å²) in [6, 6.07) is 4.45. The molecule has 0 N–H and O–H groups in total. The van der Waals surface area contributed by atoms with Gasteiger partial charge in [-0.1, -0.05) is 11.6 Å². The number of hydrogen-bond donors (Lipinski definition) is 0. The van der Waals surface area contributed by atoms with Crippen molar-refractivity contribution in [3.8, 4) is 0 Å². The minimum absolute atomic E-state index is 0.288. The van der Waals surface area contributed by atoms with E-state index in [2.05, 4.69) is 4.85 Å². The molecule has 0 spiro atoms. The van der Waals surface area contributed by atoms with Crippen LogP contribution in [0.1, 0.15) is 24.1 Å². The van der Waals surface area contributed by atoms with Crippen LogP contribution in [0.2, 0.25) is 0 Å². The second kappa shape index (κ2) is 3.36. The molecule has 1 aromatic carbocycles. The van der Waals surface area contributed by atoms with Crippen molar-refractivity contribution in [1.82, 2.24) is 0 Å². The molecule has 1 aromatic rings. The van der Waals surface area contributed by atoms with Crippen molar-refractivity contribution >= 4 is 0 Å². The van der Waals surface area contributed by atoms with Gasteiger partial charge in [-0.2, -0.15) is 0 Å². The van der Waals surface area contributed by atoms with Crippen LogP contribution in [0.5, 0.6) is 0 Å². The molecule has 0 heterocycles. The molecule has 2 heteroatoms. The molecule has 0 fully saturated rings. The lowest BCUT2D eigenvalue weighted by Crippen LogP contribution is -1.92. The smallest absolute Gasteiger partial charge is 0.248 e. The first-order chi connectivity index (χ1) is 5.65. The molecule has 0 aliphatic carbocycles. The van der Waals surface area contributed by atoms with Crippen LogP contribution in [0.3, 0.4) is 0 Å². The molecule has 0 aliphatic rings. The number of nitrogens with zero attached hydrogens (tertiary/aromatic N) is 1. The van der Waals surface area contributed by atoms with E-state index in [1.165, 1.54) is 6.07 Å². The Morgan fingerprint density at radius 2 is 2.17 bits per heavy atom. The number of aryl methyl sites for hydroxylation is 1. The zero-order chi connectivity index (χ0) is 9.14. The van der Waals surface area contributed by atoms with Crippen LogP contribution in [-0.2, 0) is 0 Å². The zero-order valence-corrected chi connectivity index (χ0v) is 7.13. The lowest BCUT2D eigenvalue weighted by Gasteiger charge is -2.02. The lowest BCUT2D eigenvalue weighted by atomic mass is 10.1. The maximum absolute atomic E-state index is 13.1. The van der Waals surface area contributed by atoms with Gasteiger partial charge in [0.25, 0.3) is 0 Å². The second-order valence-corrected chi connectivity index (χ2v) is 2.83. The van der Waals surface area contributed by atoms with Gasteiger partial charge in [-0.05, 0) is 19.1 Å². The maximum Gasteiger partial charge on any atom is 0.248 e. The van der Waals surface area contributed by atoms with Crippen molar-refractivity contribution < 1.29 is 4.39 Å². The van der Waals surface area contributed by atoms with Gasteiger partial charge in [-0.15, -0.1) is 0 Å². The summed E-state index contributed by atoms with van der Waals surface area (Å²) in [5.41, 5.74) is 1.48. The Bertz CT molecular complexity index is 325. The molecule has 1 nitrogen and oxygen atoms in total. The predicted octanol–water partition coefficient (Wildman–Crippen LogP) is 3.11. The summed E-state index contributed by atoms with van der Waals surface area (Å²) in [7, 11) is 0. The van der Waals surface area contributed by atoms with Crippen molar-refractivity contribution in [1.29, 1.82) is 0 Å². The summed E-state index contributed by atoms with van der Waals surface area (Å²) in [4.78, 5) is 3.27. The van der Waals surface area contributed by atoms with Gasteiger partial charge in [0.2, 0.25) is 6.04 Å². The largest absolute Gasteiger partial charge is 0.309 e. The van der Waals surface area contributed by atoms with Crippen LogP contribution in [0.25, 0.3) is 4.85 Å². The van der Waals surface area contributed by atoms with Crippen LogP contribution >= 0.6 is 0 Å². The van der Waals surface area contributed by atoms with Gasteiger partial charge < -0.3 is 4.85 Å². The van der Waals surface area contributed by atoms with Gasteiger partial charge in [-0.25, -0.2) is 11.0 Å². The van der Waals surface area contributed by atoms with Gasteiger partial charge in [-0.3, -0.25) is 0 Å². The summed E-state index contributed by atoms with van der Waals surface area (Å²) in [6.45, 7) is 10.4. The molecule has 1 atom stereocenters. The van der Waals surface area contributed by atoms with Gasteiger partial charge >= 0.3 is 0 Å². The highest BCUT2D eigenvalue weighted by Crippen LogP contribution is 2.20. The fourth-order valence-electron chi connectivity index (χ4n) is 1.05. The minimum atomic E-state index is -0.384. The molecular weight excluding hydrogens is 153 g/mol. The molecule has 0 bridgehead atoms. The van der Waals surface area contributed by atoms with Crippen LogP contribution in [0.4, 0.5) is 4.39 Å². The van der Waals surface area contributed by atoms with E-state index in [1.54, 1.807) is 19.1 Å². The number of benzene rings is 1. The van der Waals surface area contributed by atoms with E-state index in [-0.39, 0.29) is 11.9 Å². The molecule has 0 saturated carbocycles. The predicted molar refractivity (Wildman–Crippen MR) is 46.2 cm³/mol. The van der Waals surface area contributed by atoms with E-state index < -0.39 is 0 Å². The molecule has 62 valence electrons. The fourth-order valence-corrected chi connectivity index (χ4v) is 1.05. The summed E-state index contributed by atoms with van der Waals surface area (Å²) >= 11 is 0. The lowest BCUT2D eigenvalue weighted by molar-refractivity contribution is 0.604. The van der Waals surface area contributed by atoms with Crippen LogP contribution in [-0.4, -0.2) is 0 Å². The van der Waals surface area contributed by atoms with Crippen molar-refractivity contribution in [3.05, 3.63) is 46.6 Å². The second-order valence-electron chi connectivity index (χ2n) is 2.83. The average Bonchev–Trinajstić information content (AvgIpc) is 2.08. The first-order valence-electron chi connectivity index (χ1n) is 3.77. The Kier molecular flexibility index (Phi) is 2.44. The Morgan fingerprint density at radius 3 is 2.75 bits per heavy atom. The van der Waals surface area contributed by atoms with Gasteiger partial charge in [0.05, 0.1) is 5.56 Å². The van der Waals surface area contributed by atoms with E-state index in [4.69, 9.17) is 6.57 Å². The standard InChI is InChI=1S/C10H10FN/c1-7-4-5-10(11)9(6-7)8(2)12-3/h4-6,8H,1-2H3. The molecule has 12 heavy (non-hydrogen) atoms. The van der Waals surface area contributed by atoms with E-state index in [9.17, 15) is 4.39 Å². The molecule has 0 radical (unpaired) electrons. The highest BCUT2D eigenvalue weighted by atomic mass is 19.1. The van der Waals surface area contributed by atoms with Crippen LogP contribution in [0, 0.1) is 19.3 Å². The molecule has 0 aliphatic heterocycles. The highest BCUT2D eigenvalue weighted by molar-refractivity contribution is 5.27. The van der Waals surface area contributed by atoms with Gasteiger partial charge in [0.1, 0.15) is 5.82 Å². The van der Waals surface area contributed by atoms with E-state index in [0.29, 0.717) is 5.56 Å². The monoisotopic (exact) mass is 163 g/mol. The first kappa shape index (κ1) is 8.73. The quantitative estimate of drug-likeness (QED) is 0.560. The SMILES string of the molecule is [C-]#[N+]C(C)c1cc(C)ccc1F. The molecule has 0 aromatic heterocycles. The Labute approximate surface area is 71.7 Å². The highest BCUT2D eigenvalue weighted by Gasteiger charge is 2.13. The summed E-state index contributed by atoms with van der Waals surface area (Å²) in [6.07, 6.45) is 0. The van der Waals surface area contributed by atoms with Gasteiger partial charge in [0.15, 0.2) is 0 Å². The first-order valence-corrected chi connectivity index (χ1v) is 3.77. The summed E-state index contributed by atoms with van der Waals surface area (Å²) in [5, 5.41) is 0. The minimum Gasteiger partial charge on any atom is -0.309 e. The van der Waals surface area contributed by atoms with Crippen molar-refractivity contribution in [2.45, 2.75) is 19.9 Å². The summed E-state index contributed by atoms with van der Waals surface area (Å²) in [5.74, 6) is -0.288. The third-order valence-electron chi connectivity index (χ3n) is 1.80. The third-order valence-corrected chi connectivity index (χ3v) is 1.80. The number of hydrogen-bond acceptors (Lipinski definition) is 0. The molecule has 1 rings (SSSR count). The Balaban J connectivity index is 3.15. The van der Waals surface area contributed by atoms with Crippen LogP contribution in [0.15, 0.2) is 18.2 Å². The van der Waals surface area contributed by atoms with Crippen molar-refractivity contribution in [3.63, 3.8) is 0 Å². The van der Waals surface area contributed by atoms with E-state index in [1.807, 2.05) is 6.92 Å². The normalized spacial score (nSPS) is 12.2. The van der Waals surface area contributed by atoms with Crippen molar-refractivity contribution in [2.75, 3.05) is 0 Å². The fraction of sp³-hybridized carbons (Fsp3) is 0.300.